The first-order chi connectivity index (χ1) is 9.88. The second-order valence-corrected chi connectivity index (χ2v) is 5.71. The van der Waals surface area contributed by atoms with Crippen molar-refractivity contribution < 1.29 is 4.52 Å². The predicted molar refractivity (Wildman–Crippen MR) is 85.5 cm³/mol. The first kappa shape index (κ1) is 13.8. The van der Waals surface area contributed by atoms with Crippen LogP contribution in [-0.2, 0) is 4.52 Å². The number of nitrogens with zero attached hydrogens (tertiary/aromatic N) is 1. The first-order valence-electron chi connectivity index (χ1n) is 7.04. The Balaban J connectivity index is 1.83. The van der Waals surface area contributed by atoms with Gasteiger partial charge in [0.05, 0.1) is 12.6 Å². The molecule has 1 atom stereocenters. The van der Waals surface area contributed by atoms with E-state index in [1.807, 2.05) is 0 Å². The molecule has 3 rings (SSSR count). The molecule has 1 unspecified atom stereocenters. The summed E-state index contributed by atoms with van der Waals surface area (Å²) >= 11 is 0. The van der Waals surface area contributed by atoms with E-state index in [1.54, 1.807) is 0 Å². The fraction of sp³-hybridized carbons (Fsp3) is 0.294. The molecule has 104 valence electrons. The predicted octanol–water partition coefficient (Wildman–Crippen LogP) is 3.51. The largest absolute Gasteiger partial charge is 0.365 e. The summed E-state index contributed by atoms with van der Waals surface area (Å²) in [7, 11) is 2.35. The number of benzene rings is 2. The van der Waals surface area contributed by atoms with E-state index < -0.39 is 0 Å². The van der Waals surface area contributed by atoms with Crippen molar-refractivity contribution in [2.45, 2.75) is 6.04 Å². The molecule has 1 aliphatic rings. The molecule has 2 aromatic carbocycles. The molecule has 20 heavy (non-hydrogen) atoms. The molecule has 0 spiro atoms. The summed E-state index contributed by atoms with van der Waals surface area (Å²) in [6.45, 7) is 3.03. The minimum Gasteiger partial charge on any atom is -0.365 e. The molecule has 0 aliphatic carbocycles. The van der Waals surface area contributed by atoms with Crippen LogP contribution in [0.2, 0.25) is 0 Å². The molecule has 2 aromatic rings. The third kappa shape index (κ3) is 2.93. The van der Waals surface area contributed by atoms with E-state index in [-0.39, 0.29) is 0 Å². The molecule has 2 nitrogen and oxygen atoms in total. The smallest absolute Gasteiger partial charge is 0.0602 e. The van der Waals surface area contributed by atoms with Gasteiger partial charge < -0.3 is 4.52 Å². The van der Waals surface area contributed by atoms with Crippen molar-refractivity contribution in [2.75, 3.05) is 19.7 Å². The normalized spacial score (nSPS) is 16.3. The Kier molecular flexibility index (Phi) is 4.47. The Hall–Kier alpha value is -1.21. The third-order valence-electron chi connectivity index (χ3n) is 3.91. The highest BCUT2D eigenvalue weighted by molar-refractivity contribution is 7.09. The Morgan fingerprint density at radius 3 is 1.90 bits per heavy atom. The summed E-state index contributed by atoms with van der Waals surface area (Å²) in [5.74, 6) is 0.655. The average Bonchev–Trinajstić information content (AvgIpc) is 2.47. The maximum Gasteiger partial charge on any atom is 0.0602 e. The lowest BCUT2D eigenvalue weighted by Gasteiger charge is -2.44. The van der Waals surface area contributed by atoms with Crippen LogP contribution in [0.3, 0.4) is 0 Å². The van der Waals surface area contributed by atoms with Crippen LogP contribution in [0.4, 0.5) is 0 Å². The lowest BCUT2D eigenvalue weighted by molar-refractivity contribution is 0.0425. The molecule has 3 heteroatoms. The summed E-state index contributed by atoms with van der Waals surface area (Å²) in [5, 5.41) is 0. The van der Waals surface area contributed by atoms with Crippen molar-refractivity contribution in [3.05, 3.63) is 71.8 Å². The van der Waals surface area contributed by atoms with Crippen molar-refractivity contribution in [2.24, 2.45) is 5.92 Å². The van der Waals surface area contributed by atoms with Crippen molar-refractivity contribution in [3.8, 4) is 0 Å². The molecular weight excluding hydrogens is 265 g/mol. The second-order valence-electron chi connectivity index (χ2n) is 5.38. The minimum absolute atomic E-state index is 0.359. The van der Waals surface area contributed by atoms with E-state index in [4.69, 9.17) is 4.52 Å². The van der Waals surface area contributed by atoms with Gasteiger partial charge in [-0.3, -0.25) is 4.90 Å². The molecule has 1 fully saturated rings. The Labute approximate surface area is 123 Å². The SMILES string of the molecule is POCC1CN(C(c2ccccc2)c2ccccc2)C1. The molecule has 0 saturated carbocycles. The van der Waals surface area contributed by atoms with Crippen LogP contribution in [0.15, 0.2) is 60.7 Å². The topological polar surface area (TPSA) is 12.5 Å². The summed E-state index contributed by atoms with van der Waals surface area (Å²) in [6, 6.07) is 21.9. The molecule has 1 heterocycles. The van der Waals surface area contributed by atoms with Crippen molar-refractivity contribution in [3.63, 3.8) is 0 Å². The van der Waals surface area contributed by atoms with E-state index in [1.165, 1.54) is 11.1 Å². The molecule has 0 bridgehead atoms. The fourth-order valence-corrected chi connectivity index (χ4v) is 3.22. The van der Waals surface area contributed by atoms with Gasteiger partial charge in [0.25, 0.3) is 0 Å². The summed E-state index contributed by atoms with van der Waals surface area (Å²) < 4.78 is 5.18. The van der Waals surface area contributed by atoms with Gasteiger partial charge in [-0.05, 0) is 11.1 Å². The van der Waals surface area contributed by atoms with Crippen LogP contribution in [0.1, 0.15) is 17.2 Å². The van der Waals surface area contributed by atoms with Gasteiger partial charge in [-0.25, -0.2) is 0 Å². The van der Waals surface area contributed by atoms with E-state index in [0.29, 0.717) is 12.0 Å². The molecule has 0 amide bonds. The van der Waals surface area contributed by atoms with Gasteiger partial charge in [-0.15, -0.1) is 0 Å². The number of likely N-dealkylation sites (tertiary alicyclic amines) is 1. The maximum atomic E-state index is 5.18. The van der Waals surface area contributed by atoms with E-state index in [0.717, 1.165) is 19.7 Å². The number of hydrogen-bond donors (Lipinski definition) is 0. The van der Waals surface area contributed by atoms with Gasteiger partial charge in [-0.2, -0.15) is 0 Å². The van der Waals surface area contributed by atoms with E-state index in [9.17, 15) is 0 Å². The molecule has 0 N–H and O–H groups in total. The van der Waals surface area contributed by atoms with Crippen LogP contribution in [0, 0.1) is 5.92 Å². The highest BCUT2D eigenvalue weighted by atomic mass is 31.0. The van der Waals surface area contributed by atoms with E-state index in [2.05, 4.69) is 75.0 Å². The molecule has 0 radical (unpaired) electrons. The van der Waals surface area contributed by atoms with Gasteiger partial charge >= 0.3 is 0 Å². The quantitative estimate of drug-likeness (QED) is 0.779. The van der Waals surface area contributed by atoms with Crippen molar-refractivity contribution in [1.82, 2.24) is 4.90 Å². The van der Waals surface area contributed by atoms with Crippen LogP contribution < -0.4 is 0 Å². The maximum absolute atomic E-state index is 5.18. The zero-order valence-corrected chi connectivity index (χ0v) is 12.6. The summed E-state index contributed by atoms with van der Waals surface area (Å²) in [4.78, 5) is 2.53. The zero-order valence-electron chi connectivity index (χ0n) is 11.5. The lowest BCUT2D eigenvalue weighted by Crippen LogP contribution is -2.50. The highest BCUT2D eigenvalue weighted by Gasteiger charge is 2.33. The van der Waals surface area contributed by atoms with Gasteiger partial charge in [0, 0.05) is 28.5 Å². The van der Waals surface area contributed by atoms with Crippen LogP contribution in [-0.4, -0.2) is 24.6 Å². The monoisotopic (exact) mass is 285 g/mol. The van der Waals surface area contributed by atoms with Gasteiger partial charge in [0.1, 0.15) is 0 Å². The number of hydrogen-bond acceptors (Lipinski definition) is 2. The van der Waals surface area contributed by atoms with Crippen LogP contribution >= 0.6 is 9.47 Å². The second kappa shape index (κ2) is 6.49. The Bertz CT molecular complexity index is 486. The summed E-state index contributed by atoms with van der Waals surface area (Å²) in [6.07, 6.45) is 0. The third-order valence-corrected chi connectivity index (χ3v) is 4.11. The van der Waals surface area contributed by atoms with Gasteiger partial charge in [0.15, 0.2) is 0 Å². The first-order valence-corrected chi connectivity index (χ1v) is 7.51. The van der Waals surface area contributed by atoms with Crippen molar-refractivity contribution >= 4 is 9.47 Å². The molecular formula is C17H20NOP. The number of rotatable bonds is 5. The van der Waals surface area contributed by atoms with Crippen LogP contribution in [0.25, 0.3) is 0 Å². The fourth-order valence-electron chi connectivity index (χ4n) is 2.95. The Morgan fingerprint density at radius 1 is 0.950 bits per heavy atom. The zero-order chi connectivity index (χ0) is 13.8. The minimum atomic E-state index is 0.359. The average molecular weight is 285 g/mol. The van der Waals surface area contributed by atoms with E-state index >= 15 is 0 Å². The molecule has 1 aliphatic heterocycles. The van der Waals surface area contributed by atoms with Crippen LogP contribution in [0.5, 0.6) is 0 Å². The van der Waals surface area contributed by atoms with Crippen molar-refractivity contribution in [1.29, 1.82) is 0 Å². The molecule has 1 saturated heterocycles. The van der Waals surface area contributed by atoms with Gasteiger partial charge in [0.2, 0.25) is 0 Å². The molecule has 0 aromatic heterocycles. The summed E-state index contributed by atoms with van der Waals surface area (Å²) in [5.41, 5.74) is 2.73. The standard InChI is InChI=1S/C17H20NOP/c20-19-13-14-11-18(12-14)17(15-7-3-1-4-8-15)16-9-5-2-6-10-16/h1-10,14,17H,11-13,20H2. The lowest BCUT2D eigenvalue weighted by atomic mass is 9.91. The highest BCUT2D eigenvalue weighted by Crippen LogP contribution is 2.34. The Morgan fingerprint density at radius 2 is 1.45 bits per heavy atom. The van der Waals surface area contributed by atoms with Gasteiger partial charge in [-0.1, -0.05) is 60.7 Å².